The standard InChI is InChI=1S/C26H33N5O3/c1-17-16-34-13-12-31(17)26-20-8-9-21(18-7-10-23(33-2)19(14-18)15-32)28-24(20)29-25(30-26)22-6-4-3-5-11-27-22/h7-10,14,17,27,32H,3-6,11-13,15-16H2,1-2H3,(H,28,29)/t17-/m0/s1. The molecule has 0 spiro atoms. The number of allylic oxidation sites excluding steroid dienone is 1. The van der Waals surface area contributed by atoms with Gasteiger partial charge in [0.05, 0.1) is 49.9 Å². The molecule has 1 atom stereocenters. The summed E-state index contributed by atoms with van der Waals surface area (Å²) in [6.45, 7) is 5.24. The van der Waals surface area contributed by atoms with Gasteiger partial charge in [-0.15, -0.1) is 0 Å². The lowest BCUT2D eigenvalue weighted by Gasteiger charge is -2.37. The lowest BCUT2D eigenvalue weighted by atomic mass is 10.0. The maximum absolute atomic E-state index is 9.76. The summed E-state index contributed by atoms with van der Waals surface area (Å²) in [5.74, 6) is 3.28. The van der Waals surface area contributed by atoms with Gasteiger partial charge in [-0.25, -0.2) is 9.98 Å². The molecule has 4 heterocycles. The van der Waals surface area contributed by atoms with Crippen LogP contribution >= 0.6 is 0 Å². The molecule has 0 saturated carbocycles. The first-order valence-electron chi connectivity index (χ1n) is 12.1. The predicted molar refractivity (Wildman–Crippen MR) is 133 cm³/mol. The molecular weight excluding hydrogens is 430 g/mol. The minimum absolute atomic E-state index is 0.0894. The van der Waals surface area contributed by atoms with Crippen LogP contribution in [0.15, 0.2) is 46.8 Å². The Morgan fingerprint density at radius 3 is 2.94 bits per heavy atom. The van der Waals surface area contributed by atoms with Gasteiger partial charge in [0.1, 0.15) is 17.4 Å². The Morgan fingerprint density at radius 1 is 1.21 bits per heavy atom. The van der Waals surface area contributed by atoms with Crippen LogP contribution < -0.4 is 15.4 Å². The molecule has 34 heavy (non-hydrogen) atoms. The van der Waals surface area contributed by atoms with Gasteiger partial charge < -0.3 is 30.1 Å². The molecule has 8 heteroatoms. The van der Waals surface area contributed by atoms with Crippen LogP contribution in [0.1, 0.15) is 43.7 Å². The SMILES string of the molecule is COc1ccc(-c2ccc3c(n2)NC(=C2CCCCCN2)N=C3N2CCOC[C@@H]2C)cc1CO. The zero-order valence-electron chi connectivity index (χ0n) is 19.9. The quantitative estimate of drug-likeness (QED) is 0.642. The Kier molecular flexibility index (Phi) is 6.69. The molecule has 0 aliphatic carbocycles. The van der Waals surface area contributed by atoms with Gasteiger partial charge in [0, 0.05) is 24.2 Å². The van der Waals surface area contributed by atoms with E-state index < -0.39 is 0 Å². The molecule has 0 radical (unpaired) electrons. The normalized spacial score (nSPS) is 22.7. The Balaban J connectivity index is 1.58. The van der Waals surface area contributed by atoms with Crippen molar-refractivity contribution in [2.24, 2.45) is 4.99 Å². The minimum Gasteiger partial charge on any atom is -0.496 e. The molecule has 2 aromatic rings. The van der Waals surface area contributed by atoms with Crippen molar-refractivity contribution >= 4 is 11.7 Å². The number of hydrogen-bond donors (Lipinski definition) is 3. The van der Waals surface area contributed by atoms with Crippen LogP contribution in [0.5, 0.6) is 5.75 Å². The number of aromatic nitrogens is 1. The Hall–Kier alpha value is -3.10. The number of morpholine rings is 1. The number of hydrogen-bond acceptors (Lipinski definition) is 8. The van der Waals surface area contributed by atoms with Crippen molar-refractivity contribution < 1.29 is 14.6 Å². The summed E-state index contributed by atoms with van der Waals surface area (Å²) in [6.07, 6.45) is 4.54. The zero-order chi connectivity index (χ0) is 23.5. The highest BCUT2D eigenvalue weighted by atomic mass is 16.5. The van der Waals surface area contributed by atoms with Gasteiger partial charge in [-0.1, -0.05) is 6.42 Å². The van der Waals surface area contributed by atoms with Crippen LogP contribution in [0.2, 0.25) is 0 Å². The first-order chi connectivity index (χ1) is 16.7. The Labute approximate surface area is 200 Å². The highest BCUT2D eigenvalue weighted by Crippen LogP contribution is 2.32. The van der Waals surface area contributed by atoms with Gasteiger partial charge in [-0.3, -0.25) is 0 Å². The van der Waals surface area contributed by atoms with Crippen LogP contribution in [-0.2, 0) is 11.3 Å². The largest absolute Gasteiger partial charge is 0.496 e. The summed E-state index contributed by atoms with van der Waals surface area (Å²) in [7, 11) is 1.61. The topological polar surface area (TPSA) is 91.2 Å². The van der Waals surface area contributed by atoms with Gasteiger partial charge in [0.25, 0.3) is 0 Å². The smallest absolute Gasteiger partial charge is 0.153 e. The maximum Gasteiger partial charge on any atom is 0.153 e. The van der Waals surface area contributed by atoms with E-state index in [1.54, 1.807) is 7.11 Å². The summed E-state index contributed by atoms with van der Waals surface area (Å²) in [5, 5.41) is 16.9. The fourth-order valence-electron chi connectivity index (χ4n) is 4.80. The van der Waals surface area contributed by atoms with Crippen molar-refractivity contribution in [1.29, 1.82) is 0 Å². The van der Waals surface area contributed by atoms with Crippen LogP contribution in [0.4, 0.5) is 5.82 Å². The molecule has 1 aromatic carbocycles. The summed E-state index contributed by atoms with van der Waals surface area (Å²) < 4.78 is 11.0. The van der Waals surface area contributed by atoms with Gasteiger partial charge >= 0.3 is 0 Å². The molecule has 5 rings (SSSR count). The van der Waals surface area contributed by atoms with Gasteiger partial charge in [0.2, 0.25) is 0 Å². The number of amidine groups is 1. The fourth-order valence-corrected chi connectivity index (χ4v) is 4.80. The number of pyridine rings is 1. The van der Waals surface area contributed by atoms with Crippen LogP contribution in [0.25, 0.3) is 11.3 Å². The van der Waals surface area contributed by atoms with E-state index >= 15 is 0 Å². The molecule has 180 valence electrons. The second-order valence-electron chi connectivity index (χ2n) is 9.02. The summed E-state index contributed by atoms with van der Waals surface area (Å²) in [6, 6.07) is 10.1. The average molecular weight is 464 g/mol. The molecule has 3 N–H and O–H groups in total. The number of nitrogens with zero attached hydrogens (tertiary/aromatic N) is 3. The van der Waals surface area contributed by atoms with Crippen molar-refractivity contribution in [3.8, 4) is 17.0 Å². The number of fused-ring (bicyclic) bond motifs is 1. The maximum atomic E-state index is 9.76. The first-order valence-corrected chi connectivity index (χ1v) is 12.1. The molecule has 1 aromatic heterocycles. The van der Waals surface area contributed by atoms with Crippen molar-refractivity contribution in [3.63, 3.8) is 0 Å². The number of aliphatic imine (C=N–C) groups is 1. The summed E-state index contributed by atoms with van der Waals surface area (Å²) in [4.78, 5) is 12.5. The number of nitrogens with one attached hydrogen (secondary N) is 2. The minimum atomic E-state index is -0.0894. The summed E-state index contributed by atoms with van der Waals surface area (Å²) >= 11 is 0. The average Bonchev–Trinajstić information content (AvgIpc) is 3.17. The molecule has 8 nitrogen and oxygen atoms in total. The van der Waals surface area contributed by atoms with Crippen LogP contribution in [0, 0.1) is 0 Å². The number of methoxy groups -OCH3 is 1. The number of anilines is 1. The monoisotopic (exact) mass is 463 g/mol. The van der Waals surface area contributed by atoms with E-state index in [1.165, 1.54) is 12.8 Å². The highest BCUT2D eigenvalue weighted by molar-refractivity contribution is 6.05. The summed E-state index contributed by atoms with van der Waals surface area (Å²) in [5.41, 5.74) is 4.65. The Morgan fingerprint density at radius 2 is 2.12 bits per heavy atom. The van der Waals surface area contributed by atoms with Gasteiger partial charge in [-0.2, -0.15) is 0 Å². The molecule has 0 bridgehead atoms. The molecule has 0 unspecified atom stereocenters. The van der Waals surface area contributed by atoms with Crippen molar-refractivity contribution in [2.45, 2.75) is 45.3 Å². The first kappa shape index (κ1) is 22.7. The molecule has 2 fully saturated rings. The number of aliphatic hydroxyl groups is 1. The van der Waals surface area contributed by atoms with Gasteiger partial charge in [0.15, 0.2) is 5.82 Å². The lowest BCUT2D eigenvalue weighted by Crippen LogP contribution is -2.48. The number of benzene rings is 1. The molecule has 0 amide bonds. The van der Waals surface area contributed by atoms with E-state index in [4.69, 9.17) is 19.5 Å². The van der Waals surface area contributed by atoms with E-state index in [2.05, 4.69) is 28.5 Å². The van der Waals surface area contributed by atoms with E-state index in [9.17, 15) is 5.11 Å². The van der Waals surface area contributed by atoms with Crippen molar-refractivity contribution in [3.05, 3.63) is 53.0 Å². The zero-order valence-corrected chi connectivity index (χ0v) is 19.9. The van der Waals surface area contributed by atoms with E-state index in [1.807, 2.05) is 24.3 Å². The van der Waals surface area contributed by atoms with Crippen LogP contribution in [-0.4, -0.2) is 60.3 Å². The molecule has 3 aliphatic rings. The second kappa shape index (κ2) is 10.0. The number of rotatable bonds is 3. The van der Waals surface area contributed by atoms with Crippen molar-refractivity contribution in [1.82, 2.24) is 15.2 Å². The molecule has 2 saturated heterocycles. The van der Waals surface area contributed by atoms with Crippen LogP contribution in [0.3, 0.4) is 0 Å². The third kappa shape index (κ3) is 4.48. The molecular formula is C26H33N5O3. The lowest BCUT2D eigenvalue weighted by molar-refractivity contribution is 0.0334. The second-order valence-corrected chi connectivity index (χ2v) is 9.02. The van der Waals surface area contributed by atoms with E-state index in [-0.39, 0.29) is 12.6 Å². The third-order valence-corrected chi connectivity index (χ3v) is 6.70. The van der Waals surface area contributed by atoms with Crippen molar-refractivity contribution in [2.75, 3.05) is 38.7 Å². The van der Waals surface area contributed by atoms with E-state index in [0.29, 0.717) is 19.0 Å². The third-order valence-electron chi connectivity index (χ3n) is 6.70. The number of ether oxygens (including phenoxy) is 2. The fraction of sp³-hybridized carbons (Fsp3) is 0.462. The van der Waals surface area contributed by atoms with E-state index in [0.717, 1.165) is 71.5 Å². The molecule has 3 aliphatic heterocycles. The highest BCUT2D eigenvalue weighted by Gasteiger charge is 2.29. The van der Waals surface area contributed by atoms with Gasteiger partial charge in [-0.05, 0) is 56.5 Å². The Bertz CT molecular complexity index is 1100. The number of aliphatic hydroxyl groups excluding tert-OH is 1. The predicted octanol–water partition coefficient (Wildman–Crippen LogP) is 3.48.